The Bertz CT molecular complexity index is 26.5. The first-order valence-corrected chi connectivity index (χ1v) is 2.78. The van der Waals surface area contributed by atoms with Crippen molar-refractivity contribution in [3.8, 4) is 0 Å². The Morgan fingerprint density at radius 2 is 0.556 bits per heavy atom. The van der Waals surface area contributed by atoms with Gasteiger partial charge < -0.3 is 28.0 Å². The smallest absolute Gasteiger partial charge is 0.357 e. The zero-order chi connectivity index (χ0) is 7.15. The van der Waals surface area contributed by atoms with E-state index in [0.717, 1.165) is 0 Å². The van der Waals surface area contributed by atoms with E-state index in [0.29, 0.717) is 0 Å². The van der Waals surface area contributed by atoms with Crippen LogP contribution in [0.3, 0.4) is 0 Å². The van der Waals surface area contributed by atoms with Gasteiger partial charge in [0.15, 0.2) is 0 Å². The number of hydrogen-bond donors (Lipinski definition) is 0. The summed E-state index contributed by atoms with van der Waals surface area (Å²) in [4.78, 5) is 0. The Morgan fingerprint density at radius 1 is 0.556 bits per heavy atom. The minimum absolute atomic E-state index is 0. The molecule has 0 saturated carbocycles. The van der Waals surface area contributed by atoms with Gasteiger partial charge in [-0.15, -0.1) is 0 Å². The summed E-state index contributed by atoms with van der Waals surface area (Å²) in [5, 5.41) is 0. The Kier molecular flexibility index (Phi) is 21.9. The van der Waals surface area contributed by atoms with E-state index in [4.69, 9.17) is 28.0 Å². The second-order valence-corrected chi connectivity index (χ2v) is 1.13. The predicted molar refractivity (Wildman–Crippen MR) is 5.75 cm³/mol. The van der Waals surface area contributed by atoms with Crippen molar-refractivity contribution in [1.82, 2.24) is 0 Å². The molecule has 54 valence electrons. The van der Waals surface area contributed by atoms with E-state index < -0.39 is 21.6 Å². The molecule has 0 spiro atoms. The summed E-state index contributed by atoms with van der Waals surface area (Å²) in [5.41, 5.74) is 0. The van der Waals surface area contributed by atoms with E-state index in [9.17, 15) is 0 Å². The van der Waals surface area contributed by atoms with Crippen molar-refractivity contribution < 1.29 is 49.5 Å². The first kappa shape index (κ1) is 16.6. The summed E-state index contributed by atoms with van der Waals surface area (Å²) in [7, 11) is -5.70. The van der Waals surface area contributed by atoms with Gasteiger partial charge in [-0.1, -0.05) is 0 Å². The van der Waals surface area contributed by atoms with Gasteiger partial charge in [0.05, 0.1) is 21.6 Å². The van der Waals surface area contributed by atoms with Gasteiger partial charge in [-0.25, -0.2) is 0 Å². The van der Waals surface area contributed by atoms with E-state index in [2.05, 4.69) is 0 Å². The number of rotatable bonds is 0. The van der Waals surface area contributed by atoms with Crippen molar-refractivity contribution in [3.63, 3.8) is 0 Å². The first-order chi connectivity index (χ1) is 3.46. The molecule has 0 aromatic heterocycles. The van der Waals surface area contributed by atoms with E-state index >= 15 is 0 Å². The fourth-order valence-electron chi connectivity index (χ4n) is 0. The normalized spacial score (nSPS) is 8.00. The van der Waals surface area contributed by atoms with Gasteiger partial charge in [-0.3, -0.25) is 0 Å². The molecule has 0 amide bonds. The molecular weight excluding hydrogens is 286 g/mol. The minimum atomic E-state index is -2.85. The molecule has 0 aromatic rings. The molecule has 0 aromatic carbocycles. The Hall–Kier alpha value is 1.14. The van der Waals surface area contributed by atoms with Crippen LogP contribution in [0, 0.1) is 21.6 Å². The van der Waals surface area contributed by atoms with Gasteiger partial charge in [0.2, 0.25) is 0 Å². The number of hydrogen-bond acceptors (Lipinski definition) is 6. The van der Waals surface area contributed by atoms with Crippen LogP contribution in [0.15, 0.2) is 0 Å². The Morgan fingerprint density at radius 3 is 0.556 bits per heavy atom. The molecule has 0 rings (SSSR count). The van der Waals surface area contributed by atoms with Crippen molar-refractivity contribution in [2.24, 2.45) is 0 Å². The van der Waals surface area contributed by atoms with Crippen molar-refractivity contribution in [3.05, 3.63) is 0 Å². The van der Waals surface area contributed by atoms with Crippen LogP contribution in [0.2, 0.25) is 0 Å². The average Bonchev–Trinajstić information content (AvgIpc) is 1.25. The van der Waals surface area contributed by atoms with E-state index in [-0.39, 0.29) is 23.9 Å². The molecule has 9 heavy (non-hydrogen) atoms. The molecule has 0 N–H and O–H groups in total. The van der Waals surface area contributed by atoms with Crippen molar-refractivity contribution in [2.75, 3.05) is 0 Å². The fraction of sp³-hybridized carbons (Fsp3) is 0. The van der Waals surface area contributed by atoms with Crippen LogP contribution >= 0.6 is 0 Å². The van der Waals surface area contributed by atoms with Crippen molar-refractivity contribution >= 4 is 23.9 Å². The molecular formula is Cl2O6Sn. The summed E-state index contributed by atoms with van der Waals surface area (Å²) >= 11 is 0. The van der Waals surface area contributed by atoms with E-state index in [1.807, 2.05) is 0 Å². The van der Waals surface area contributed by atoms with Gasteiger partial charge in [0.1, 0.15) is 0 Å². The molecule has 6 nitrogen and oxygen atoms in total. The van der Waals surface area contributed by atoms with E-state index in [1.54, 1.807) is 0 Å². The van der Waals surface area contributed by atoms with Crippen LogP contribution in [-0.2, 0) is 0 Å². The predicted octanol–water partition coefficient (Wildman–Crippen LogP) is -7.51. The number of halogens is 2. The summed E-state index contributed by atoms with van der Waals surface area (Å²) in [6, 6.07) is 0. The van der Waals surface area contributed by atoms with E-state index in [1.165, 1.54) is 0 Å². The minimum Gasteiger partial charge on any atom is -0.357 e. The molecule has 2 radical (unpaired) electrons. The molecule has 9 heteroatoms. The topological polar surface area (TPSA) is 138 Å². The Balaban J connectivity index is -0.0000000720. The molecule has 0 heterocycles. The monoisotopic (exact) mass is 286 g/mol. The maximum Gasteiger partial charge on any atom is 2.00 e. The Labute approximate surface area is 73.5 Å². The van der Waals surface area contributed by atoms with Crippen LogP contribution in [-0.4, -0.2) is 23.9 Å². The van der Waals surface area contributed by atoms with Crippen molar-refractivity contribution in [2.45, 2.75) is 0 Å². The maximum atomic E-state index is 8.41. The summed E-state index contributed by atoms with van der Waals surface area (Å²) < 4.78 is 50.4. The molecule has 0 aliphatic carbocycles. The summed E-state index contributed by atoms with van der Waals surface area (Å²) in [5.74, 6) is 0. The summed E-state index contributed by atoms with van der Waals surface area (Å²) in [6.45, 7) is 0. The summed E-state index contributed by atoms with van der Waals surface area (Å²) in [6.07, 6.45) is 0. The van der Waals surface area contributed by atoms with Gasteiger partial charge in [-0.2, -0.15) is 0 Å². The van der Waals surface area contributed by atoms with Gasteiger partial charge in [0, 0.05) is 0 Å². The third kappa shape index (κ3) is 359. The molecule has 0 atom stereocenters. The van der Waals surface area contributed by atoms with Crippen LogP contribution in [0.1, 0.15) is 0 Å². The molecule has 0 aliphatic rings. The SMILES string of the molecule is [O-][Cl+2]([O-])[O-].[O-][Cl+2]([O-])[O-].[Sn+2]. The maximum absolute atomic E-state index is 8.41. The molecule has 0 unspecified atom stereocenters. The standard InChI is InChI=1S/2ClO3.Sn/c2*2-1(3)4;/q2*-1;+2. The molecule has 0 bridgehead atoms. The molecule has 0 fully saturated rings. The zero-order valence-electron chi connectivity index (χ0n) is 3.71. The van der Waals surface area contributed by atoms with Crippen LogP contribution in [0.4, 0.5) is 0 Å². The van der Waals surface area contributed by atoms with Gasteiger partial charge >= 0.3 is 23.9 Å². The van der Waals surface area contributed by atoms with Gasteiger partial charge in [-0.05, 0) is 0 Å². The van der Waals surface area contributed by atoms with Crippen LogP contribution in [0.25, 0.3) is 0 Å². The average molecular weight is 286 g/mol. The zero-order valence-corrected chi connectivity index (χ0v) is 8.07. The third-order valence-corrected chi connectivity index (χ3v) is 0. The van der Waals surface area contributed by atoms with Crippen molar-refractivity contribution in [1.29, 1.82) is 0 Å². The molecule has 0 aliphatic heterocycles. The van der Waals surface area contributed by atoms with Gasteiger partial charge in [0.25, 0.3) is 0 Å². The van der Waals surface area contributed by atoms with Crippen LogP contribution in [0.5, 0.6) is 0 Å². The van der Waals surface area contributed by atoms with Crippen LogP contribution < -0.4 is 28.0 Å². The second kappa shape index (κ2) is 11.9. The quantitative estimate of drug-likeness (QED) is 0.405. The molecule has 0 saturated heterocycles. The largest absolute Gasteiger partial charge is 2.00 e. The fourth-order valence-corrected chi connectivity index (χ4v) is 0. The first-order valence-electron chi connectivity index (χ1n) is 0.926. The third-order valence-electron chi connectivity index (χ3n) is 0. The second-order valence-electron chi connectivity index (χ2n) is 0.378.